The summed E-state index contributed by atoms with van der Waals surface area (Å²) in [7, 11) is 0. The molecule has 3 heterocycles. The lowest BCUT2D eigenvalue weighted by molar-refractivity contribution is 1.23. The van der Waals surface area contributed by atoms with Crippen LogP contribution in [-0.2, 0) is 0 Å². The van der Waals surface area contributed by atoms with Crippen molar-refractivity contribution in [1.82, 2.24) is 15.3 Å². The van der Waals surface area contributed by atoms with Crippen LogP contribution < -0.4 is 16.8 Å². The van der Waals surface area contributed by atoms with Crippen LogP contribution in [0.5, 0.6) is 0 Å². The highest BCUT2D eigenvalue weighted by Gasteiger charge is 2.23. The van der Waals surface area contributed by atoms with E-state index in [0.29, 0.717) is 34.7 Å². The van der Waals surface area contributed by atoms with E-state index >= 15 is 0 Å². The van der Waals surface area contributed by atoms with Gasteiger partial charge in [-0.3, -0.25) is 0 Å². The van der Waals surface area contributed by atoms with E-state index in [1.165, 1.54) is 0 Å². The molecule has 1 aliphatic rings. The Morgan fingerprint density at radius 2 is 1.16 bits per heavy atom. The maximum absolute atomic E-state index is 5.94. The largest absolute Gasteiger partial charge is 0.396 e. The van der Waals surface area contributed by atoms with Crippen LogP contribution in [0.1, 0.15) is 11.1 Å². The number of benzene rings is 1. The number of nitrogens with two attached hydrogens (primary N) is 2. The molecule has 0 saturated heterocycles. The molecule has 25 heavy (non-hydrogen) atoms. The molecule has 7 nitrogen and oxygen atoms in total. The predicted molar refractivity (Wildman–Crippen MR) is 99.3 cm³/mol. The van der Waals surface area contributed by atoms with Crippen LogP contribution in [0.25, 0.3) is 0 Å². The first-order valence-corrected chi connectivity index (χ1v) is 7.67. The lowest BCUT2D eigenvalue weighted by atomic mass is 10.1. The normalized spacial score (nSPS) is 16.0. The Morgan fingerprint density at radius 1 is 0.680 bits per heavy atom. The summed E-state index contributed by atoms with van der Waals surface area (Å²) in [6, 6.07) is 14.9. The fraction of sp³-hybridized carbons (Fsp3) is 0. The quantitative estimate of drug-likeness (QED) is 0.668. The molecule has 0 atom stereocenters. The number of nitrogens with one attached hydrogen (secondary N) is 1. The first-order valence-electron chi connectivity index (χ1n) is 7.67. The summed E-state index contributed by atoms with van der Waals surface area (Å²) in [6.45, 7) is 0. The van der Waals surface area contributed by atoms with Gasteiger partial charge in [0.2, 0.25) is 0 Å². The van der Waals surface area contributed by atoms with Gasteiger partial charge in [-0.05, 0) is 24.3 Å². The van der Waals surface area contributed by atoms with Crippen LogP contribution in [0, 0.1) is 0 Å². The molecular formula is C18H15N7. The van der Waals surface area contributed by atoms with Gasteiger partial charge in [0.1, 0.15) is 11.7 Å². The topological polar surface area (TPSA) is 115 Å². The van der Waals surface area contributed by atoms with Crippen LogP contribution in [-0.4, -0.2) is 21.6 Å². The molecule has 4 rings (SSSR count). The van der Waals surface area contributed by atoms with Crippen molar-refractivity contribution in [3.63, 3.8) is 0 Å². The lowest BCUT2D eigenvalue weighted by Crippen LogP contribution is -2.22. The summed E-state index contributed by atoms with van der Waals surface area (Å²) in [5.41, 5.74) is 14.7. The molecule has 5 N–H and O–H groups in total. The summed E-state index contributed by atoms with van der Waals surface area (Å²) in [5, 5.41) is 3.22. The fourth-order valence-electron chi connectivity index (χ4n) is 2.54. The van der Waals surface area contributed by atoms with Crippen molar-refractivity contribution in [2.75, 3.05) is 11.5 Å². The van der Waals surface area contributed by atoms with E-state index in [0.717, 1.165) is 11.1 Å². The van der Waals surface area contributed by atoms with Crippen molar-refractivity contribution in [2.24, 2.45) is 9.98 Å². The Kier molecular flexibility index (Phi) is 3.59. The molecule has 0 radical (unpaired) electrons. The minimum atomic E-state index is 0.457. The van der Waals surface area contributed by atoms with Crippen LogP contribution >= 0.6 is 0 Å². The van der Waals surface area contributed by atoms with E-state index in [1.807, 2.05) is 24.3 Å². The predicted octanol–water partition coefficient (Wildman–Crippen LogP) is 2.40. The molecular weight excluding hydrogens is 314 g/mol. The van der Waals surface area contributed by atoms with Crippen LogP contribution in [0.15, 0.2) is 70.9 Å². The molecule has 0 aliphatic carbocycles. The second-order valence-electron chi connectivity index (χ2n) is 5.42. The van der Waals surface area contributed by atoms with Gasteiger partial charge < -0.3 is 16.8 Å². The Morgan fingerprint density at radius 3 is 1.60 bits per heavy atom. The number of anilines is 2. The maximum Gasteiger partial charge on any atom is 0.177 e. The third-order valence-corrected chi connectivity index (χ3v) is 3.74. The SMILES string of the molecule is Nc1cccnc1N=C1N/C(=N/c2ncccc2N)c2ccccc21. The second-order valence-corrected chi connectivity index (χ2v) is 5.42. The zero-order valence-electron chi connectivity index (χ0n) is 13.2. The summed E-state index contributed by atoms with van der Waals surface area (Å²) in [6.07, 6.45) is 3.31. The zero-order chi connectivity index (χ0) is 17.2. The number of fused-ring (bicyclic) bond motifs is 1. The molecule has 0 spiro atoms. The van der Waals surface area contributed by atoms with Gasteiger partial charge >= 0.3 is 0 Å². The van der Waals surface area contributed by atoms with Crippen molar-refractivity contribution in [1.29, 1.82) is 0 Å². The number of rotatable bonds is 2. The molecule has 7 heteroatoms. The van der Waals surface area contributed by atoms with Gasteiger partial charge in [0.05, 0.1) is 11.4 Å². The van der Waals surface area contributed by atoms with Gasteiger partial charge in [-0.2, -0.15) is 0 Å². The van der Waals surface area contributed by atoms with Gasteiger partial charge in [-0.25, -0.2) is 20.0 Å². The minimum absolute atomic E-state index is 0.457. The molecule has 0 fully saturated rings. The number of aliphatic imine (C=N–C) groups is 2. The van der Waals surface area contributed by atoms with Gasteiger partial charge in [-0.15, -0.1) is 0 Å². The number of amidine groups is 2. The van der Waals surface area contributed by atoms with E-state index in [4.69, 9.17) is 11.5 Å². The Hall–Kier alpha value is -3.74. The van der Waals surface area contributed by atoms with Crippen molar-refractivity contribution >= 4 is 34.7 Å². The highest BCUT2D eigenvalue weighted by atomic mass is 15.1. The van der Waals surface area contributed by atoms with E-state index in [-0.39, 0.29) is 0 Å². The lowest BCUT2D eigenvalue weighted by Gasteiger charge is -2.03. The summed E-state index contributed by atoms with van der Waals surface area (Å²) in [4.78, 5) is 17.5. The molecule has 2 aromatic heterocycles. The zero-order valence-corrected chi connectivity index (χ0v) is 13.2. The van der Waals surface area contributed by atoms with Gasteiger partial charge in [0, 0.05) is 23.5 Å². The molecule has 1 aliphatic heterocycles. The third kappa shape index (κ3) is 2.78. The highest BCUT2D eigenvalue weighted by molar-refractivity contribution is 6.26. The van der Waals surface area contributed by atoms with E-state index < -0.39 is 0 Å². The van der Waals surface area contributed by atoms with Crippen molar-refractivity contribution < 1.29 is 0 Å². The van der Waals surface area contributed by atoms with E-state index in [9.17, 15) is 0 Å². The third-order valence-electron chi connectivity index (χ3n) is 3.74. The van der Waals surface area contributed by atoms with Crippen LogP contribution in [0.2, 0.25) is 0 Å². The van der Waals surface area contributed by atoms with Crippen molar-refractivity contribution in [2.45, 2.75) is 0 Å². The van der Waals surface area contributed by atoms with Crippen LogP contribution in [0.3, 0.4) is 0 Å². The molecule has 3 aromatic rings. The average molecular weight is 329 g/mol. The van der Waals surface area contributed by atoms with Crippen molar-refractivity contribution in [3.05, 3.63) is 72.1 Å². The van der Waals surface area contributed by atoms with Gasteiger partial charge in [0.15, 0.2) is 11.6 Å². The molecule has 0 saturated carbocycles. The smallest absolute Gasteiger partial charge is 0.177 e. The molecule has 0 amide bonds. The molecule has 1 aromatic carbocycles. The first kappa shape index (κ1) is 14.8. The Bertz CT molecular complexity index is 927. The number of pyridine rings is 2. The Balaban J connectivity index is 1.81. The van der Waals surface area contributed by atoms with Crippen LogP contribution in [0.4, 0.5) is 23.0 Å². The minimum Gasteiger partial charge on any atom is -0.396 e. The summed E-state index contributed by atoms with van der Waals surface area (Å²) < 4.78 is 0. The number of hydrogen-bond acceptors (Lipinski definition) is 6. The number of aromatic nitrogens is 2. The highest BCUT2D eigenvalue weighted by Crippen LogP contribution is 2.25. The van der Waals surface area contributed by atoms with Crippen molar-refractivity contribution in [3.8, 4) is 0 Å². The van der Waals surface area contributed by atoms with Gasteiger partial charge in [-0.1, -0.05) is 24.3 Å². The number of nitrogens with zero attached hydrogens (tertiary/aromatic N) is 4. The van der Waals surface area contributed by atoms with E-state index in [2.05, 4.69) is 25.3 Å². The standard InChI is InChI=1S/C18H15N7/c19-13-7-3-9-21-17(13)24-15-11-5-1-2-6-12(11)16(23-15)25-18-14(20)8-4-10-22-18/h1-10H,19-20H2,(H,21,22,23,24,25). The molecule has 122 valence electrons. The van der Waals surface area contributed by atoms with Gasteiger partial charge in [0.25, 0.3) is 0 Å². The molecule has 0 unspecified atom stereocenters. The first-order chi connectivity index (χ1) is 12.2. The maximum atomic E-state index is 5.94. The Labute approximate surface area is 144 Å². The number of hydrogen-bond donors (Lipinski definition) is 3. The number of nitrogen functional groups attached to an aromatic ring is 2. The fourth-order valence-corrected chi connectivity index (χ4v) is 2.54. The summed E-state index contributed by atoms with van der Waals surface area (Å²) in [5.74, 6) is 2.18. The van der Waals surface area contributed by atoms with E-state index in [1.54, 1.807) is 36.7 Å². The summed E-state index contributed by atoms with van der Waals surface area (Å²) >= 11 is 0. The second kappa shape index (κ2) is 6.04. The monoisotopic (exact) mass is 329 g/mol. The molecule has 0 bridgehead atoms. The average Bonchev–Trinajstić information content (AvgIpc) is 2.97.